The maximum absolute atomic E-state index is 9.79. The number of hydrogen-bond acceptors (Lipinski definition) is 3. The molecule has 1 fully saturated rings. The summed E-state index contributed by atoms with van der Waals surface area (Å²) >= 11 is 0. The van der Waals surface area contributed by atoms with Crippen molar-refractivity contribution >= 4 is 0 Å². The molecule has 0 aromatic carbocycles. The summed E-state index contributed by atoms with van der Waals surface area (Å²) in [6.45, 7) is 8.95. The normalized spacial score (nSPS) is 28.6. The Morgan fingerprint density at radius 1 is 1.47 bits per heavy atom. The Bertz CT molecular complexity index is 220. The fourth-order valence-electron chi connectivity index (χ4n) is 2.23. The van der Waals surface area contributed by atoms with Crippen molar-refractivity contribution in [1.29, 1.82) is 0 Å². The highest BCUT2D eigenvalue weighted by Crippen LogP contribution is 2.26. The van der Waals surface area contributed by atoms with Crippen LogP contribution < -0.4 is 5.32 Å². The number of nitrogens with one attached hydrogen (secondary N) is 1. The van der Waals surface area contributed by atoms with E-state index in [4.69, 9.17) is 4.74 Å². The lowest BCUT2D eigenvalue weighted by Crippen LogP contribution is -2.37. The van der Waals surface area contributed by atoms with Crippen LogP contribution in [0.25, 0.3) is 0 Å². The topological polar surface area (TPSA) is 41.5 Å². The lowest BCUT2D eigenvalue weighted by molar-refractivity contribution is -0.0453. The predicted molar refractivity (Wildman–Crippen MR) is 71.0 cm³/mol. The van der Waals surface area contributed by atoms with Gasteiger partial charge in [-0.05, 0) is 25.7 Å². The monoisotopic (exact) mass is 241 g/mol. The van der Waals surface area contributed by atoms with E-state index < -0.39 is 6.10 Å². The predicted octanol–water partition coefficient (Wildman–Crippen LogP) is 2.11. The minimum Gasteiger partial charge on any atom is -0.389 e. The second-order valence-electron chi connectivity index (χ2n) is 5.22. The van der Waals surface area contributed by atoms with E-state index in [0.717, 1.165) is 6.42 Å². The minimum atomic E-state index is -0.425. The van der Waals surface area contributed by atoms with Crippen LogP contribution in [0.4, 0.5) is 0 Å². The molecular weight excluding hydrogens is 214 g/mol. The van der Waals surface area contributed by atoms with Gasteiger partial charge in [0, 0.05) is 12.6 Å². The highest BCUT2D eigenvalue weighted by Gasteiger charge is 2.22. The average Bonchev–Trinajstić information content (AvgIpc) is 2.35. The molecule has 0 aliphatic heterocycles. The van der Waals surface area contributed by atoms with E-state index in [1.807, 2.05) is 13.0 Å². The van der Waals surface area contributed by atoms with Gasteiger partial charge < -0.3 is 15.2 Å². The van der Waals surface area contributed by atoms with Crippen molar-refractivity contribution in [3.05, 3.63) is 12.7 Å². The van der Waals surface area contributed by atoms with Crippen LogP contribution in [-0.2, 0) is 4.74 Å². The molecular formula is C14H27NO2. The molecule has 1 aliphatic carbocycles. The molecule has 4 atom stereocenters. The summed E-state index contributed by atoms with van der Waals surface area (Å²) in [5.41, 5.74) is 0. The molecule has 0 aromatic heterocycles. The van der Waals surface area contributed by atoms with Crippen LogP contribution in [0.5, 0.6) is 0 Å². The van der Waals surface area contributed by atoms with E-state index in [-0.39, 0.29) is 6.04 Å². The number of rotatable bonds is 7. The maximum atomic E-state index is 9.79. The highest BCUT2D eigenvalue weighted by atomic mass is 16.5. The van der Waals surface area contributed by atoms with Crippen molar-refractivity contribution in [2.45, 2.75) is 57.8 Å². The van der Waals surface area contributed by atoms with Gasteiger partial charge in [-0.15, -0.1) is 6.58 Å². The van der Waals surface area contributed by atoms with Crippen LogP contribution >= 0.6 is 0 Å². The number of aliphatic hydroxyl groups is 1. The van der Waals surface area contributed by atoms with E-state index in [1.165, 1.54) is 19.3 Å². The van der Waals surface area contributed by atoms with Crippen LogP contribution in [0, 0.1) is 5.92 Å². The lowest BCUT2D eigenvalue weighted by atomic mass is 9.88. The first-order valence-corrected chi connectivity index (χ1v) is 6.79. The number of aliphatic hydroxyl groups excluding tert-OH is 1. The SMILES string of the molecule is C=CC(C)NCC(O)COC1CCCCC1C. The smallest absolute Gasteiger partial charge is 0.0898 e. The Morgan fingerprint density at radius 3 is 2.82 bits per heavy atom. The zero-order valence-electron chi connectivity index (χ0n) is 11.2. The summed E-state index contributed by atoms with van der Waals surface area (Å²) in [4.78, 5) is 0. The molecule has 0 aromatic rings. The third-order valence-electron chi connectivity index (χ3n) is 3.56. The Labute approximate surface area is 105 Å². The maximum Gasteiger partial charge on any atom is 0.0898 e. The van der Waals surface area contributed by atoms with Crippen molar-refractivity contribution in [3.8, 4) is 0 Å². The van der Waals surface area contributed by atoms with Crippen molar-refractivity contribution < 1.29 is 9.84 Å². The third-order valence-corrected chi connectivity index (χ3v) is 3.56. The van der Waals surface area contributed by atoms with Crippen LogP contribution in [0.3, 0.4) is 0 Å². The summed E-state index contributed by atoms with van der Waals surface area (Å²) < 4.78 is 5.81. The molecule has 17 heavy (non-hydrogen) atoms. The molecule has 3 nitrogen and oxygen atoms in total. The second kappa shape index (κ2) is 7.85. The van der Waals surface area contributed by atoms with Gasteiger partial charge in [0.1, 0.15) is 0 Å². The Morgan fingerprint density at radius 2 is 2.18 bits per heavy atom. The quantitative estimate of drug-likeness (QED) is 0.671. The Balaban J connectivity index is 2.13. The zero-order valence-corrected chi connectivity index (χ0v) is 11.2. The van der Waals surface area contributed by atoms with Crippen LogP contribution in [0.15, 0.2) is 12.7 Å². The molecule has 3 heteroatoms. The average molecular weight is 241 g/mol. The molecule has 4 unspecified atom stereocenters. The molecule has 0 spiro atoms. The van der Waals surface area contributed by atoms with Crippen LogP contribution in [0.1, 0.15) is 39.5 Å². The van der Waals surface area contributed by atoms with Crippen molar-refractivity contribution in [3.63, 3.8) is 0 Å². The first kappa shape index (κ1) is 14.7. The first-order valence-electron chi connectivity index (χ1n) is 6.79. The Kier molecular flexibility index (Phi) is 6.78. The summed E-state index contributed by atoms with van der Waals surface area (Å²) in [7, 11) is 0. The molecule has 0 amide bonds. The molecule has 0 bridgehead atoms. The van der Waals surface area contributed by atoms with E-state index in [0.29, 0.717) is 25.2 Å². The van der Waals surface area contributed by atoms with Gasteiger partial charge >= 0.3 is 0 Å². The number of hydrogen-bond donors (Lipinski definition) is 2. The molecule has 100 valence electrons. The second-order valence-corrected chi connectivity index (χ2v) is 5.22. The van der Waals surface area contributed by atoms with E-state index in [1.54, 1.807) is 0 Å². The molecule has 2 N–H and O–H groups in total. The molecule has 0 heterocycles. The van der Waals surface area contributed by atoms with Gasteiger partial charge in [-0.1, -0.05) is 25.8 Å². The van der Waals surface area contributed by atoms with Gasteiger partial charge in [0.15, 0.2) is 0 Å². The van der Waals surface area contributed by atoms with Gasteiger partial charge in [-0.2, -0.15) is 0 Å². The van der Waals surface area contributed by atoms with Gasteiger partial charge in [0.25, 0.3) is 0 Å². The Hall–Kier alpha value is -0.380. The van der Waals surface area contributed by atoms with Crippen LogP contribution in [0.2, 0.25) is 0 Å². The fourth-order valence-corrected chi connectivity index (χ4v) is 2.23. The first-order chi connectivity index (χ1) is 8.13. The van der Waals surface area contributed by atoms with Crippen molar-refractivity contribution in [1.82, 2.24) is 5.32 Å². The van der Waals surface area contributed by atoms with Gasteiger partial charge in [0.2, 0.25) is 0 Å². The van der Waals surface area contributed by atoms with Crippen molar-refractivity contribution in [2.24, 2.45) is 5.92 Å². The summed E-state index contributed by atoms with van der Waals surface area (Å²) in [6.07, 6.45) is 6.73. The molecule has 1 aliphatic rings. The molecule has 0 radical (unpaired) electrons. The summed E-state index contributed by atoms with van der Waals surface area (Å²) in [5, 5.41) is 13.0. The standard InChI is InChI=1S/C14H27NO2/c1-4-12(3)15-9-13(16)10-17-14-8-6-5-7-11(14)2/h4,11-16H,1,5-10H2,2-3H3. The van der Waals surface area contributed by atoms with E-state index in [9.17, 15) is 5.11 Å². The van der Waals surface area contributed by atoms with Gasteiger partial charge in [0.05, 0.1) is 18.8 Å². The van der Waals surface area contributed by atoms with Crippen molar-refractivity contribution in [2.75, 3.05) is 13.2 Å². The highest BCUT2D eigenvalue weighted by molar-refractivity contribution is 4.82. The summed E-state index contributed by atoms with van der Waals surface area (Å²) in [6, 6.07) is 0.234. The third kappa shape index (κ3) is 5.66. The number of ether oxygens (including phenoxy) is 1. The van der Waals surface area contributed by atoms with Gasteiger partial charge in [-0.25, -0.2) is 0 Å². The van der Waals surface area contributed by atoms with E-state index in [2.05, 4.69) is 18.8 Å². The largest absolute Gasteiger partial charge is 0.389 e. The van der Waals surface area contributed by atoms with E-state index >= 15 is 0 Å². The lowest BCUT2D eigenvalue weighted by Gasteiger charge is -2.29. The molecule has 1 rings (SSSR count). The molecule has 1 saturated carbocycles. The summed E-state index contributed by atoms with van der Waals surface area (Å²) in [5.74, 6) is 0.635. The zero-order chi connectivity index (χ0) is 12.7. The van der Waals surface area contributed by atoms with Crippen LogP contribution in [-0.4, -0.2) is 36.5 Å². The molecule has 0 saturated heterocycles. The van der Waals surface area contributed by atoms with Gasteiger partial charge in [-0.3, -0.25) is 0 Å². The fraction of sp³-hybridized carbons (Fsp3) is 0.857. The minimum absolute atomic E-state index is 0.234.